The summed E-state index contributed by atoms with van der Waals surface area (Å²) in [5, 5.41) is 5.69. The van der Waals surface area contributed by atoms with E-state index in [4.69, 9.17) is 47.3 Å². The second kappa shape index (κ2) is 11.7. The van der Waals surface area contributed by atoms with E-state index in [2.05, 4.69) is 10.5 Å². The largest absolute Gasteiger partial charge is 0.496 e. The number of pyridine rings is 1. The summed E-state index contributed by atoms with van der Waals surface area (Å²) >= 11 is 12.8. The van der Waals surface area contributed by atoms with Gasteiger partial charge in [-0.05, 0) is 44.2 Å². The zero-order valence-electron chi connectivity index (χ0n) is 24.4. The molecule has 0 aliphatic carbocycles. The van der Waals surface area contributed by atoms with Gasteiger partial charge in [-0.1, -0.05) is 23.2 Å². The lowest BCUT2D eigenvalue weighted by atomic mass is 9.95. The molecule has 2 aromatic carbocycles. The summed E-state index contributed by atoms with van der Waals surface area (Å²) in [5.41, 5.74) is 6.06. The van der Waals surface area contributed by atoms with Crippen LogP contribution in [-0.4, -0.2) is 71.0 Å². The van der Waals surface area contributed by atoms with Gasteiger partial charge in [-0.15, -0.1) is 0 Å². The molecule has 0 saturated carbocycles. The molecule has 1 fully saturated rings. The van der Waals surface area contributed by atoms with E-state index in [1.54, 1.807) is 53.2 Å². The van der Waals surface area contributed by atoms with E-state index in [-0.39, 0.29) is 18.2 Å². The molecule has 2 aromatic heterocycles. The molecule has 11 nitrogen and oxygen atoms in total. The van der Waals surface area contributed by atoms with Crippen molar-refractivity contribution in [3.05, 3.63) is 75.7 Å². The maximum atomic E-state index is 14.1. The number of rotatable bonds is 6. The fraction of sp³-hybridized carbons (Fsp3) is 0.290. The second-order valence-corrected chi connectivity index (χ2v) is 11.8. The molecule has 4 aromatic rings. The van der Waals surface area contributed by atoms with Crippen molar-refractivity contribution in [1.29, 1.82) is 0 Å². The lowest BCUT2D eigenvalue weighted by Crippen LogP contribution is -2.55. The van der Waals surface area contributed by atoms with E-state index in [9.17, 15) is 9.59 Å². The summed E-state index contributed by atoms with van der Waals surface area (Å²) in [7, 11) is 2.90. The molecular formula is C31H29Cl2N5O6. The van der Waals surface area contributed by atoms with Crippen LogP contribution in [0, 0.1) is 0 Å². The quantitative estimate of drug-likeness (QED) is 0.281. The van der Waals surface area contributed by atoms with Gasteiger partial charge in [0, 0.05) is 57.3 Å². The van der Waals surface area contributed by atoms with Crippen molar-refractivity contribution in [1.82, 2.24) is 25.1 Å². The first-order valence-electron chi connectivity index (χ1n) is 13.7. The third kappa shape index (κ3) is 5.36. The van der Waals surface area contributed by atoms with Crippen LogP contribution in [0.15, 0.2) is 48.8 Å². The van der Waals surface area contributed by atoms with Crippen molar-refractivity contribution in [3.63, 3.8) is 0 Å². The zero-order valence-corrected chi connectivity index (χ0v) is 26.0. The molecule has 6 rings (SSSR count). The second-order valence-electron chi connectivity index (χ2n) is 11.0. The molecule has 0 spiro atoms. The highest BCUT2D eigenvalue weighted by molar-refractivity contribution is 6.34. The number of hydroxylamine groups is 1. The number of carbonyl (C=O) groups is 2. The molecule has 1 N–H and O–H groups in total. The number of methoxy groups -OCH3 is 1. The van der Waals surface area contributed by atoms with E-state index in [1.165, 1.54) is 13.3 Å². The van der Waals surface area contributed by atoms with Gasteiger partial charge in [0.15, 0.2) is 5.69 Å². The molecule has 0 unspecified atom stereocenters. The highest BCUT2D eigenvalue weighted by Crippen LogP contribution is 2.46. The fourth-order valence-electron chi connectivity index (χ4n) is 5.52. The van der Waals surface area contributed by atoms with Crippen LogP contribution in [0.5, 0.6) is 11.5 Å². The van der Waals surface area contributed by atoms with Crippen molar-refractivity contribution in [3.8, 4) is 39.6 Å². The number of fused-ring (bicyclic) bond motifs is 3. The van der Waals surface area contributed by atoms with E-state index in [0.29, 0.717) is 80.5 Å². The number of benzene rings is 2. The van der Waals surface area contributed by atoms with Crippen molar-refractivity contribution in [2.75, 3.05) is 34.0 Å². The lowest BCUT2D eigenvalue weighted by Gasteiger charge is -2.41. The van der Waals surface area contributed by atoms with Crippen LogP contribution in [0.2, 0.25) is 10.0 Å². The number of aromatic nitrogens is 3. The van der Waals surface area contributed by atoms with Gasteiger partial charge in [0.1, 0.15) is 18.1 Å². The average Bonchev–Trinajstić information content (AvgIpc) is 3.40. The van der Waals surface area contributed by atoms with E-state index < -0.39 is 11.4 Å². The third-order valence-electron chi connectivity index (χ3n) is 7.60. The van der Waals surface area contributed by atoms with Gasteiger partial charge in [-0.25, -0.2) is 10.2 Å². The number of ether oxygens (including phenoxy) is 3. The minimum absolute atomic E-state index is 0.0964. The summed E-state index contributed by atoms with van der Waals surface area (Å²) in [5.74, 6) is 0.346. The molecule has 2 amide bonds. The van der Waals surface area contributed by atoms with Crippen molar-refractivity contribution in [2.45, 2.75) is 26.0 Å². The summed E-state index contributed by atoms with van der Waals surface area (Å²) in [4.78, 5) is 37.4. The molecule has 0 radical (unpaired) electrons. The van der Waals surface area contributed by atoms with E-state index in [1.807, 2.05) is 19.9 Å². The molecular weight excluding hydrogens is 609 g/mol. The van der Waals surface area contributed by atoms with Crippen molar-refractivity contribution < 1.29 is 28.6 Å². The number of morpholine rings is 1. The maximum Gasteiger partial charge on any atom is 0.276 e. The summed E-state index contributed by atoms with van der Waals surface area (Å²) in [6.07, 6.45) is 3.06. The Kier molecular flexibility index (Phi) is 7.97. The number of amides is 2. The van der Waals surface area contributed by atoms with Crippen LogP contribution in [0.1, 0.15) is 40.3 Å². The highest BCUT2D eigenvalue weighted by Gasteiger charge is 2.39. The monoisotopic (exact) mass is 637 g/mol. The predicted molar refractivity (Wildman–Crippen MR) is 164 cm³/mol. The number of carbonyl (C=O) groups excluding carboxylic acids is 2. The molecule has 44 heavy (non-hydrogen) atoms. The number of halogens is 2. The Hall–Kier alpha value is -4.16. The minimum atomic E-state index is -0.535. The van der Waals surface area contributed by atoms with Crippen LogP contribution < -0.4 is 15.0 Å². The standard InChI is InChI=1S/C31H29Cl2N5O6/c1-31(2)16-43-6-5-37(31)30(40)27-24-15-44-26-12-25(41-3)22(17-7-18(14-34-13-17)29(39)36-42-4)11-23(26)28(24)38(35-27)21-9-19(32)8-20(33)10-21/h7-14H,5-6,15-16H2,1-4H3,(H,36,39). The van der Waals surface area contributed by atoms with Gasteiger partial charge in [0.25, 0.3) is 11.8 Å². The fourth-order valence-corrected chi connectivity index (χ4v) is 6.03. The average molecular weight is 639 g/mol. The zero-order chi connectivity index (χ0) is 31.2. The smallest absolute Gasteiger partial charge is 0.276 e. The van der Waals surface area contributed by atoms with Gasteiger partial charge in [0.2, 0.25) is 0 Å². The van der Waals surface area contributed by atoms with E-state index in [0.717, 1.165) is 0 Å². The number of nitrogens with one attached hydrogen (secondary N) is 1. The molecule has 228 valence electrons. The van der Waals surface area contributed by atoms with Crippen molar-refractivity contribution >= 4 is 35.0 Å². The maximum absolute atomic E-state index is 14.1. The van der Waals surface area contributed by atoms with Crippen LogP contribution in [0.3, 0.4) is 0 Å². The SMILES string of the molecule is CONC(=O)c1cncc(-c2cc3c(cc2OC)OCc2c(C(=O)N4CCOCC4(C)C)nn(-c4cc(Cl)cc(Cl)c4)c2-3)c1. The van der Waals surface area contributed by atoms with Gasteiger partial charge in [-0.3, -0.25) is 19.4 Å². The van der Waals surface area contributed by atoms with Crippen molar-refractivity contribution in [2.24, 2.45) is 0 Å². The van der Waals surface area contributed by atoms with Gasteiger partial charge in [-0.2, -0.15) is 5.10 Å². The summed E-state index contributed by atoms with van der Waals surface area (Å²) in [6.45, 7) is 5.28. The van der Waals surface area contributed by atoms with E-state index >= 15 is 0 Å². The Balaban J connectivity index is 1.56. The predicted octanol–water partition coefficient (Wildman–Crippen LogP) is 5.35. The topological polar surface area (TPSA) is 117 Å². The van der Waals surface area contributed by atoms with Crippen LogP contribution in [-0.2, 0) is 16.2 Å². The first-order valence-corrected chi connectivity index (χ1v) is 14.5. The van der Waals surface area contributed by atoms with Crippen LogP contribution >= 0.6 is 23.2 Å². The molecule has 1 saturated heterocycles. The molecule has 2 aliphatic rings. The van der Waals surface area contributed by atoms with Crippen LogP contribution in [0.4, 0.5) is 0 Å². The Labute approximate surface area is 263 Å². The molecule has 13 heteroatoms. The Morgan fingerprint density at radius 2 is 1.80 bits per heavy atom. The Morgan fingerprint density at radius 1 is 1.02 bits per heavy atom. The number of hydrogen-bond acceptors (Lipinski definition) is 8. The third-order valence-corrected chi connectivity index (χ3v) is 8.04. The van der Waals surface area contributed by atoms with Gasteiger partial charge < -0.3 is 19.1 Å². The minimum Gasteiger partial charge on any atom is -0.496 e. The summed E-state index contributed by atoms with van der Waals surface area (Å²) < 4.78 is 19.3. The normalized spacial score (nSPS) is 15.2. The summed E-state index contributed by atoms with van der Waals surface area (Å²) in [6, 6.07) is 10.4. The molecule has 0 atom stereocenters. The van der Waals surface area contributed by atoms with Gasteiger partial charge >= 0.3 is 0 Å². The molecule has 0 bridgehead atoms. The first-order chi connectivity index (χ1) is 21.1. The lowest BCUT2D eigenvalue weighted by molar-refractivity contribution is -0.0374. The molecule has 2 aliphatic heterocycles. The number of hydrogen-bond donors (Lipinski definition) is 1. The first kappa shape index (κ1) is 29.9. The van der Waals surface area contributed by atoms with Crippen LogP contribution in [0.25, 0.3) is 28.1 Å². The highest BCUT2D eigenvalue weighted by atomic mass is 35.5. The Bertz CT molecular complexity index is 1770. The number of nitrogens with zero attached hydrogens (tertiary/aromatic N) is 4. The Morgan fingerprint density at radius 3 is 2.50 bits per heavy atom. The van der Waals surface area contributed by atoms with Gasteiger partial charge in [0.05, 0.1) is 49.9 Å². The molecule has 4 heterocycles.